The molecular formula is C24H37ClN5O5P. The summed E-state index contributed by atoms with van der Waals surface area (Å²) >= 11 is 6.26. The summed E-state index contributed by atoms with van der Waals surface area (Å²) in [6, 6.07) is 0. The van der Waals surface area contributed by atoms with Crippen LogP contribution in [0, 0.1) is 0 Å². The second-order valence-electron chi connectivity index (χ2n) is 7.97. The largest absolute Gasteiger partial charge is 0.378 e. The predicted octanol–water partition coefficient (Wildman–Crippen LogP) is 5.42. The fraction of sp³-hybridized carbons (Fsp3) is 0.542. The molecule has 2 unspecified atom stereocenters. The molecule has 12 heteroatoms. The van der Waals surface area contributed by atoms with Crippen molar-refractivity contribution in [2.24, 2.45) is 0 Å². The number of hydrogen-bond donors (Lipinski definition) is 0. The van der Waals surface area contributed by atoms with E-state index in [4.69, 9.17) is 30.1 Å². The van der Waals surface area contributed by atoms with Crippen LogP contribution in [0.5, 0.6) is 0 Å². The maximum absolute atomic E-state index is 12.5. The van der Waals surface area contributed by atoms with E-state index in [0.717, 1.165) is 11.0 Å². The van der Waals surface area contributed by atoms with Gasteiger partial charge in [-0.3, -0.25) is 4.57 Å². The normalized spacial score (nSPS) is 14.1. The van der Waals surface area contributed by atoms with Crippen molar-refractivity contribution in [1.29, 1.82) is 0 Å². The van der Waals surface area contributed by atoms with Crippen molar-refractivity contribution in [2.75, 3.05) is 51.1 Å². The zero-order chi connectivity index (χ0) is 26.7. The van der Waals surface area contributed by atoms with E-state index in [1.54, 1.807) is 36.9 Å². The van der Waals surface area contributed by atoms with Crippen molar-refractivity contribution in [3.05, 3.63) is 48.4 Å². The molecule has 2 rings (SSSR count). The number of likely N-dealkylation sites (N-methyl/N-ethyl adjacent to an activating group) is 1. The first-order valence-electron chi connectivity index (χ1n) is 11.8. The standard InChI is InChI=1S/C24H37ClN5O5P/c1-8-12-20(9-2)16-29(7)22-21-15-26-30(23(21)28-24(25)27-22)19(6)35-18(5)17-32-13-14-36(31,33-10-3)34-11-4/h8-9,12,15,18-19H,1-2,10-11,13-14,16-17H2,3-7H3/b20-12+. The Morgan fingerprint density at radius 3 is 2.56 bits per heavy atom. The number of fused-ring (bicyclic) bond motifs is 1. The van der Waals surface area contributed by atoms with Crippen molar-refractivity contribution in [3.63, 3.8) is 0 Å². The van der Waals surface area contributed by atoms with Gasteiger partial charge in [-0.25, -0.2) is 4.68 Å². The molecule has 0 aliphatic heterocycles. The smallest absolute Gasteiger partial charge is 0.332 e. The molecule has 0 N–H and O–H groups in total. The summed E-state index contributed by atoms with van der Waals surface area (Å²) in [5, 5.41) is 5.33. The SMILES string of the molecule is C=C/C=C(\C=C)CN(C)c1nc(Cl)nc2c1cnn2C(C)OC(C)COCCP(=O)(OCC)OCC. The summed E-state index contributed by atoms with van der Waals surface area (Å²) in [4.78, 5) is 10.7. The Hall–Kier alpha value is -2.07. The molecule has 200 valence electrons. The molecule has 2 heterocycles. The Balaban J connectivity index is 2.05. The fourth-order valence-electron chi connectivity index (χ4n) is 3.55. The highest BCUT2D eigenvalue weighted by Gasteiger charge is 2.24. The summed E-state index contributed by atoms with van der Waals surface area (Å²) in [7, 11) is -1.22. The first-order chi connectivity index (χ1) is 17.2. The molecule has 0 bridgehead atoms. The lowest BCUT2D eigenvalue weighted by atomic mass is 10.2. The van der Waals surface area contributed by atoms with Crippen molar-refractivity contribution < 1.29 is 23.1 Å². The quantitative estimate of drug-likeness (QED) is 0.112. The number of anilines is 1. The van der Waals surface area contributed by atoms with Crippen molar-refractivity contribution in [1.82, 2.24) is 19.7 Å². The summed E-state index contributed by atoms with van der Waals surface area (Å²) in [5.74, 6) is 0.643. The van der Waals surface area contributed by atoms with Gasteiger partial charge in [0.1, 0.15) is 12.0 Å². The Morgan fingerprint density at radius 2 is 1.94 bits per heavy atom. The highest BCUT2D eigenvalue weighted by atomic mass is 35.5. The van der Waals surface area contributed by atoms with Crippen LogP contribution in [0.25, 0.3) is 11.0 Å². The minimum absolute atomic E-state index is 0.107. The molecule has 2 atom stereocenters. The summed E-state index contributed by atoms with van der Waals surface area (Å²) in [5.41, 5.74) is 1.53. The Bertz CT molecular complexity index is 1080. The predicted molar refractivity (Wildman–Crippen MR) is 144 cm³/mol. The Morgan fingerprint density at radius 1 is 1.25 bits per heavy atom. The molecule has 0 aliphatic carbocycles. The van der Waals surface area contributed by atoms with Gasteiger partial charge in [-0.15, -0.1) is 0 Å². The lowest BCUT2D eigenvalue weighted by Gasteiger charge is -2.22. The Kier molecular flexibility index (Phi) is 12.2. The minimum Gasteiger partial charge on any atom is -0.378 e. The van der Waals surface area contributed by atoms with E-state index >= 15 is 0 Å². The molecule has 0 fully saturated rings. The maximum Gasteiger partial charge on any atom is 0.332 e. The molecule has 10 nitrogen and oxygen atoms in total. The molecule has 0 aromatic carbocycles. The van der Waals surface area contributed by atoms with E-state index < -0.39 is 13.8 Å². The third kappa shape index (κ3) is 8.50. The van der Waals surface area contributed by atoms with Gasteiger partial charge in [0, 0.05) is 13.6 Å². The molecule has 36 heavy (non-hydrogen) atoms. The van der Waals surface area contributed by atoms with Gasteiger partial charge in [0.15, 0.2) is 5.65 Å². The van der Waals surface area contributed by atoms with E-state index in [0.29, 0.717) is 37.8 Å². The van der Waals surface area contributed by atoms with Gasteiger partial charge < -0.3 is 23.4 Å². The first-order valence-corrected chi connectivity index (χ1v) is 14.0. The Labute approximate surface area is 218 Å². The fourth-order valence-corrected chi connectivity index (χ4v) is 5.18. The zero-order valence-corrected chi connectivity index (χ0v) is 23.4. The number of nitrogens with zero attached hydrogens (tertiary/aromatic N) is 5. The van der Waals surface area contributed by atoms with Crippen LogP contribution in [-0.2, 0) is 23.1 Å². The summed E-state index contributed by atoms with van der Waals surface area (Å²) in [6.07, 6.45) is 6.53. The van der Waals surface area contributed by atoms with Crippen LogP contribution in [0.3, 0.4) is 0 Å². The van der Waals surface area contributed by atoms with Gasteiger partial charge in [0.2, 0.25) is 5.28 Å². The average Bonchev–Trinajstić information content (AvgIpc) is 3.25. The number of hydrogen-bond acceptors (Lipinski definition) is 9. The van der Waals surface area contributed by atoms with Crippen LogP contribution in [0.2, 0.25) is 5.28 Å². The topological polar surface area (TPSA) is 101 Å². The third-order valence-corrected chi connectivity index (χ3v) is 7.27. The van der Waals surface area contributed by atoms with E-state index in [2.05, 4.69) is 28.2 Å². The van der Waals surface area contributed by atoms with Crippen LogP contribution < -0.4 is 4.90 Å². The minimum atomic E-state index is -3.13. The van der Waals surface area contributed by atoms with E-state index in [1.165, 1.54) is 0 Å². The highest BCUT2D eigenvalue weighted by molar-refractivity contribution is 7.53. The van der Waals surface area contributed by atoms with Crippen LogP contribution in [0.1, 0.15) is 33.9 Å². The second kappa shape index (κ2) is 14.6. The molecule has 0 aliphatic rings. The number of aromatic nitrogens is 4. The molecule has 0 amide bonds. The highest BCUT2D eigenvalue weighted by Crippen LogP contribution is 2.47. The average molecular weight is 542 g/mol. The monoisotopic (exact) mass is 541 g/mol. The van der Waals surface area contributed by atoms with E-state index in [9.17, 15) is 4.57 Å². The van der Waals surface area contributed by atoms with Gasteiger partial charge in [-0.05, 0) is 44.9 Å². The lowest BCUT2D eigenvalue weighted by Crippen LogP contribution is -2.23. The lowest BCUT2D eigenvalue weighted by molar-refractivity contribution is -0.0725. The number of halogens is 1. The number of allylic oxidation sites excluding steroid dienone is 2. The summed E-state index contributed by atoms with van der Waals surface area (Å²) in [6.45, 7) is 16.6. The van der Waals surface area contributed by atoms with Crippen LogP contribution in [0.15, 0.2) is 43.2 Å². The molecule has 0 spiro atoms. The van der Waals surface area contributed by atoms with Crippen LogP contribution >= 0.6 is 19.2 Å². The number of ether oxygens (including phenoxy) is 2. The van der Waals surface area contributed by atoms with Crippen LogP contribution in [0.4, 0.5) is 5.82 Å². The van der Waals surface area contributed by atoms with E-state index in [-0.39, 0.29) is 24.2 Å². The molecule has 0 radical (unpaired) electrons. The van der Waals surface area contributed by atoms with Crippen molar-refractivity contribution in [3.8, 4) is 0 Å². The van der Waals surface area contributed by atoms with Gasteiger partial charge in [-0.1, -0.05) is 31.4 Å². The molecule has 2 aromatic rings. The summed E-state index contributed by atoms with van der Waals surface area (Å²) < 4.78 is 36.5. The maximum atomic E-state index is 12.5. The van der Waals surface area contributed by atoms with Crippen molar-refractivity contribution in [2.45, 2.75) is 40.0 Å². The van der Waals surface area contributed by atoms with Gasteiger partial charge in [0.05, 0.1) is 50.3 Å². The van der Waals surface area contributed by atoms with Crippen molar-refractivity contribution >= 4 is 36.0 Å². The van der Waals surface area contributed by atoms with Gasteiger partial charge in [0.25, 0.3) is 0 Å². The molecule has 0 saturated heterocycles. The molecule has 2 aromatic heterocycles. The van der Waals surface area contributed by atoms with E-state index in [1.807, 2.05) is 31.9 Å². The van der Waals surface area contributed by atoms with Crippen LogP contribution in [-0.4, -0.2) is 72.0 Å². The second-order valence-corrected chi connectivity index (χ2v) is 10.5. The third-order valence-electron chi connectivity index (χ3n) is 5.07. The molecular weight excluding hydrogens is 505 g/mol. The zero-order valence-electron chi connectivity index (χ0n) is 21.7. The van der Waals surface area contributed by atoms with Gasteiger partial charge in [-0.2, -0.15) is 15.1 Å². The molecule has 0 saturated carbocycles. The van der Waals surface area contributed by atoms with Gasteiger partial charge >= 0.3 is 7.60 Å². The number of rotatable bonds is 17. The first kappa shape index (κ1) is 30.2.